The van der Waals surface area contributed by atoms with E-state index in [0.29, 0.717) is 4.47 Å². The number of halogens is 3. The van der Waals surface area contributed by atoms with Crippen molar-refractivity contribution >= 4 is 37.3 Å². The molecule has 2 rings (SSSR count). The average Bonchev–Trinajstić information content (AvgIpc) is 2.32. The van der Waals surface area contributed by atoms with Gasteiger partial charge in [-0.1, -0.05) is 22.0 Å². The molecule has 2 aromatic carbocycles. The second kappa shape index (κ2) is 5.37. The molecule has 4 nitrogen and oxygen atoms in total. The van der Waals surface area contributed by atoms with Gasteiger partial charge in [-0.3, -0.25) is 4.72 Å². The Hall–Kier alpha value is -1.67. The smallest absolute Gasteiger partial charge is 0.266 e. The lowest BCUT2D eigenvalue weighted by atomic mass is 10.3. The molecule has 0 saturated heterocycles. The van der Waals surface area contributed by atoms with E-state index in [-0.39, 0.29) is 11.4 Å². The van der Waals surface area contributed by atoms with Gasteiger partial charge in [-0.05, 0) is 30.3 Å². The standard InChI is InChI=1S/C12H9BrF2N2O2S/c13-7-4-5-11(9(15)6-7)17-20(18,19)12-8(14)2-1-3-10(12)16/h1-6,17H,16H2. The van der Waals surface area contributed by atoms with Crippen LogP contribution in [0.3, 0.4) is 0 Å². The third kappa shape index (κ3) is 2.91. The summed E-state index contributed by atoms with van der Waals surface area (Å²) in [5.41, 5.74) is 4.91. The third-order valence-electron chi connectivity index (χ3n) is 2.44. The van der Waals surface area contributed by atoms with Crippen molar-refractivity contribution in [3.05, 3.63) is 52.5 Å². The molecule has 3 N–H and O–H groups in total. The highest BCUT2D eigenvalue weighted by Crippen LogP contribution is 2.26. The summed E-state index contributed by atoms with van der Waals surface area (Å²) in [6.45, 7) is 0. The van der Waals surface area contributed by atoms with E-state index in [2.05, 4.69) is 15.9 Å². The summed E-state index contributed by atoms with van der Waals surface area (Å²) in [5, 5.41) is 0. The van der Waals surface area contributed by atoms with Gasteiger partial charge in [-0.25, -0.2) is 17.2 Å². The van der Waals surface area contributed by atoms with Crippen LogP contribution in [0.5, 0.6) is 0 Å². The van der Waals surface area contributed by atoms with E-state index in [1.807, 2.05) is 4.72 Å². The Balaban J connectivity index is 2.46. The first-order valence-corrected chi connectivity index (χ1v) is 7.61. The van der Waals surface area contributed by atoms with Crippen LogP contribution < -0.4 is 10.5 Å². The van der Waals surface area contributed by atoms with Crippen molar-refractivity contribution in [1.29, 1.82) is 0 Å². The van der Waals surface area contributed by atoms with Crippen LogP contribution >= 0.6 is 15.9 Å². The lowest BCUT2D eigenvalue weighted by Crippen LogP contribution is -2.17. The molecular formula is C12H9BrF2N2O2S. The summed E-state index contributed by atoms with van der Waals surface area (Å²) in [7, 11) is -4.32. The molecule has 2 aromatic rings. The van der Waals surface area contributed by atoms with Crippen molar-refractivity contribution in [3.63, 3.8) is 0 Å². The number of nitrogens with two attached hydrogens (primary N) is 1. The van der Waals surface area contributed by atoms with E-state index >= 15 is 0 Å². The maximum Gasteiger partial charge on any atom is 0.266 e. The number of benzene rings is 2. The molecule has 0 atom stereocenters. The monoisotopic (exact) mass is 362 g/mol. The van der Waals surface area contributed by atoms with Crippen molar-refractivity contribution in [2.45, 2.75) is 4.90 Å². The van der Waals surface area contributed by atoms with Crippen LogP contribution in [0, 0.1) is 11.6 Å². The van der Waals surface area contributed by atoms with Crippen molar-refractivity contribution in [1.82, 2.24) is 0 Å². The quantitative estimate of drug-likeness (QED) is 0.824. The second-order valence-electron chi connectivity index (χ2n) is 3.89. The first-order chi connectivity index (χ1) is 9.31. The van der Waals surface area contributed by atoms with E-state index in [9.17, 15) is 17.2 Å². The lowest BCUT2D eigenvalue weighted by Gasteiger charge is -2.11. The van der Waals surface area contributed by atoms with Gasteiger partial charge in [0.1, 0.15) is 16.5 Å². The van der Waals surface area contributed by atoms with Crippen LogP contribution in [-0.2, 0) is 10.0 Å². The maximum absolute atomic E-state index is 13.6. The normalized spacial score (nSPS) is 11.3. The molecule has 20 heavy (non-hydrogen) atoms. The van der Waals surface area contributed by atoms with E-state index in [1.165, 1.54) is 24.3 Å². The maximum atomic E-state index is 13.6. The molecule has 0 bridgehead atoms. The van der Waals surface area contributed by atoms with E-state index in [0.717, 1.165) is 12.1 Å². The van der Waals surface area contributed by atoms with Gasteiger partial charge in [0.2, 0.25) is 0 Å². The molecular weight excluding hydrogens is 354 g/mol. The van der Waals surface area contributed by atoms with Crippen LogP contribution in [0.4, 0.5) is 20.2 Å². The summed E-state index contributed by atoms with van der Waals surface area (Å²) in [5.74, 6) is -1.80. The molecule has 0 aliphatic heterocycles. The molecule has 0 heterocycles. The van der Waals surface area contributed by atoms with Crippen LogP contribution in [0.2, 0.25) is 0 Å². The third-order valence-corrected chi connectivity index (χ3v) is 4.39. The van der Waals surface area contributed by atoms with Gasteiger partial charge < -0.3 is 5.73 Å². The van der Waals surface area contributed by atoms with E-state index < -0.39 is 26.6 Å². The lowest BCUT2D eigenvalue weighted by molar-refractivity contribution is 0.571. The molecule has 0 aromatic heterocycles. The van der Waals surface area contributed by atoms with Crippen molar-refractivity contribution in [2.24, 2.45) is 0 Å². The summed E-state index contributed by atoms with van der Waals surface area (Å²) in [4.78, 5) is -0.706. The number of hydrogen-bond donors (Lipinski definition) is 2. The highest BCUT2D eigenvalue weighted by Gasteiger charge is 2.23. The van der Waals surface area contributed by atoms with Crippen molar-refractivity contribution < 1.29 is 17.2 Å². The number of rotatable bonds is 3. The number of hydrogen-bond acceptors (Lipinski definition) is 3. The average molecular weight is 363 g/mol. The van der Waals surface area contributed by atoms with Gasteiger partial charge in [-0.2, -0.15) is 0 Å². The predicted molar refractivity (Wildman–Crippen MR) is 75.7 cm³/mol. The molecule has 0 radical (unpaired) electrons. The van der Waals surface area contributed by atoms with Gasteiger partial charge in [0.05, 0.1) is 11.4 Å². The zero-order valence-electron chi connectivity index (χ0n) is 9.90. The Bertz CT molecular complexity index is 746. The topological polar surface area (TPSA) is 72.2 Å². The molecule has 8 heteroatoms. The number of nitrogens with one attached hydrogen (secondary N) is 1. The van der Waals surface area contributed by atoms with E-state index in [4.69, 9.17) is 5.73 Å². The van der Waals surface area contributed by atoms with Crippen molar-refractivity contribution in [2.75, 3.05) is 10.5 Å². The summed E-state index contributed by atoms with van der Waals surface area (Å²) in [6.07, 6.45) is 0. The molecule has 0 fully saturated rings. The first-order valence-electron chi connectivity index (χ1n) is 5.33. The Morgan fingerprint density at radius 2 is 1.80 bits per heavy atom. The highest BCUT2D eigenvalue weighted by molar-refractivity contribution is 9.10. The minimum atomic E-state index is -4.32. The minimum absolute atomic E-state index is 0.255. The van der Waals surface area contributed by atoms with Gasteiger partial charge in [-0.15, -0.1) is 0 Å². The van der Waals surface area contributed by atoms with Gasteiger partial charge in [0.15, 0.2) is 0 Å². The van der Waals surface area contributed by atoms with E-state index in [1.54, 1.807) is 0 Å². The second-order valence-corrected chi connectivity index (χ2v) is 6.42. The Morgan fingerprint density at radius 1 is 1.10 bits per heavy atom. The SMILES string of the molecule is Nc1cccc(F)c1S(=O)(=O)Nc1ccc(Br)cc1F. The largest absolute Gasteiger partial charge is 0.398 e. The molecule has 106 valence electrons. The molecule has 0 unspecified atom stereocenters. The van der Waals surface area contributed by atoms with Crippen molar-refractivity contribution in [3.8, 4) is 0 Å². The Labute approximate surface area is 122 Å². The van der Waals surface area contributed by atoms with Gasteiger partial charge >= 0.3 is 0 Å². The highest BCUT2D eigenvalue weighted by atomic mass is 79.9. The number of anilines is 2. The van der Waals surface area contributed by atoms with Crippen LogP contribution in [0.1, 0.15) is 0 Å². The molecule has 0 aliphatic rings. The number of nitrogen functional groups attached to an aromatic ring is 1. The fraction of sp³-hybridized carbons (Fsp3) is 0. The number of sulfonamides is 1. The predicted octanol–water partition coefficient (Wildman–Crippen LogP) is 3.11. The Kier molecular flexibility index (Phi) is 3.96. The Morgan fingerprint density at radius 3 is 2.40 bits per heavy atom. The fourth-order valence-corrected chi connectivity index (χ4v) is 3.17. The molecule has 0 spiro atoms. The first kappa shape index (κ1) is 14.7. The summed E-state index contributed by atoms with van der Waals surface area (Å²) >= 11 is 3.05. The molecule has 0 amide bonds. The van der Waals surface area contributed by atoms with Crippen LogP contribution in [0.15, 0.2) is 45.8 Å². The zero-order chi connectivity index (χ0) is 14.9. The summed E-state index contributed by atoms with van der Waals surface area (Å²) in [6, 6.07) is 7.24. The summed E-state index contributed by atoms with van der Waals surface area (Å²) < 4.78 is 53.8. The van der Waals surface area contributed by atoms with Crippen LogP contribution in [0.25, 0.3) is 0 Å². The zero-order valence-corrected chi connectivity index (χ0v) is 12.3. The van der Waals surface area contributed by atoms with Gasteiger partial charge in [0, 0.05) is 4.47 Å². The minimum Gasteiger partial charge on any atom is -0.398 e. The molecule has 0 aliphatic carbocycles. The van der Waals surface area contributed by atoms with Gasteiger partial charge in [0.25, 0.3) is 10.0 Å². The fourth-order valence-electron chi connectivity index (χ4n) is 1.58. The van der Waals surface area contributed by atoms with Crippen LogP contribution in [-0.4, -0.2) is 8.42 Å². The molecule has 0 saturated carbocycles.